The van der Waals surface area contributed by atoms with Crippen LogP contribution in [0.2, 0.25) is 0 Å². The topological polar surface area (TPSA) is 65.7 Å². The van der Waals surface area contributed by atoms with Gasteiger partial charge in [-0.05, 0) is 12.1 Å². The summed E-state index contributed by atoms with van der Waals surface area (Å²) < 4.78 is 16.2. The largest absolute Gasteiger partial charge is 0.497 e. The minimum atomic E-state index is 0.159. The minimum Gasteiger partial charge on any atom is -0.497 e. The molecule has 0 spiro atoms. The first-order valence-corrected chi connectivity index (χ1v) is 10.9. The quantitative estimate of drug-likeness (QED) is 0.456. The van der Waals surface area contributed by atoms with Crippen LogP contribution in [0, 0.1) is 5.92 Å². The van der Waals surface area contributed by atoms with E-state index in [1.165, 1.54) is 10.5 Å². The van der Waals surface area contributed by atoms with Crippen LogP contribution < -0.4 is 24.6 Å². The van der Waals surface area contributed by atoms with E-state index in [-0.39, 0.29) is 11.8 Å². The normalized spacial score (nSPS) is 22.8. The third-order valence-electron chi connectivity index (χ3n) is 6.20. The number of benzene rings is 1. The second-order valence-corrected chi connectivity index (χ2v) is 8.14. The van der Waals surface area contributed by atoms with Crippen molar-refractivity contribution < 1.29 is 28.8 Å². The molecule has 2 saturated heterocycles. The Morgan fingerprint density at radius 2 is 1.86 bits per heavy atom. The Hall–Kier alpha value is -1.83. The van der Waals surface area contributed by atoms with Gasteiger partial charge in [-0.1, -0.05) is 0 Å². The van der Waals surface area contributed by atoms with Gasteiger partial charge in [-0.25, -0.2) is 0 Å². The smallest absolute Gasteiger partial charge is 0.223 e. The van der Waals surface area contributed by atoms with E-state index < -0.39 is 0 Å². The van der Waals surface area contributed by atoms with Gasteiger partial charge < -0.3 is 29.3 Å². The Kier molecular flexibility index (Phi) is 8.58. The molecule has 0 unspecified atom stereocenters. The number of methoxy groups -OCH3 is 2. The molecular weight excluding hydrogens is 370 g/mol. The highest BCUT2D eigenvalue weighted by Crippen LogP contribution is 2.24. The number of carbonyl (C=O) groups is 1. The van der Waals surface area contributed by atoms with Gasteiger partial charge in [0.25, 0.3) is 0 Å². The molecule has 29 heavy (non-hydrogen) atoms. The van der Waals surface area contributed by atoms with Gasteiger partial charge in [0.1, 0.15) is 31.1 Å². The van der Waals surface area contributed by atoms with E-state index in [1.807, 2.05) is 12.1 Å². The second kappa shape index (κ2) is 11.4. The van der Waals surface area contributed by atoms with Gasteiger partial charge >= 0.3 is 0 Å². The number of amides is 1. The Bertz CT molecular complexity index is 641. The molecule has 162 valence electrons. The average Bonchev–Trinajstić information content (AvgIpc) is 2.78. The van der Waals surface area contributed by atoms with E-state index in [4.69, 9.17) is 14.2 Å². The monoisotopic (exact) mass is 407 g/mol. The summed E-state index contributed by atoms with van der Waals surface area (Å²) in [5.41, 5.74) is 1.19. The molecule has 7 nitrogen and oxygen atoms in total. The molecule has 2 fully saturated rings. The van der Waals surface area contributed by atoms with Crippen molar-refractivity contribution >= 4 is 5.91 Å². The number of piperidine rings is 1. The van der Waals surface area contributed by atoms with Crippen LogP contribution >= 0.6 is 0 Å². The maximum absolute atomic E-state index is 12.5. The lowest BCUT2D eigenvalue weighted by molar-refractivity contribution is -0.919. The van der Waals surface area contributed by atoms with E-state index in [1.54, 1.807) is 19.1 Å². The van der Waals surface area contributed by atoms with Crippen LogP contribution in [0.15, 0.2) is 18.2 Å². The van der Waals surface area contributed by atoms with Gasteiger partial charge in [0.05, 0.1) is 47.1 Å². The molecular formula is C22H37N3O4+2. The number of hydrogen-bond acceptors (Lipinski definition) is 4. The van der Waals surface area contributed by atoms with Crippen molar-refractivity contribution in [3.8, 4) is 11.5 Å². The lowest BCUT2D eigenvalue weighted by Crippen LogP contribution is -3.14. The van der Waals surface area contributed by atoms with Crippen LogP contribution in [0.4, 0.5) is 0 Å². The molecule has 2 aliphatic rings. The molecule has 0 bridgehead atoms. The fourth-order valence-corrected chi connectivity index (χ4v) is 4.34. The highest BCUT2D eigenvalue weighted by Gasteiger charge is 2.28. The van der Waals surface area contributed by atoms with Gasteiger partial charge in [-0.15, -0.1) is 0 Å². The van der Waals surface area contributed by atoms with E-state index in [0.717, 1.165) is 89.8 Å². The molecule has 1 amide bonds. The van der Waals surface area contributed by atoms with Crippen molar-refractivity contribution in [1.29, 1.82) is 0 Å². The molecule has 0 aromatic heterocycles. The number of rotatable bonds is 9. The summed E-state index contributed by atoms with van der Waals surface area (Å²) in [4.78, 5) is 15.6. The summed E-state index contributed by atoms with van der Waals surface area (Å²) >= 11 is 0. The number of morpholine rings is 1. The fourth-order valence-electron chi connectivity index (χ4n) is 4.34. The summed E-state index contributed by atoms with van der Waals surface area (Å²) in [6.45, 7) is 8.79. The van der Waals surface area contributed by atoms with Crippen molar-refractivity contribution in [2.24, 2.45) is 5.92 Å². The van der Waals surface area contributed by atoms with Crippen molar-refractivity contribution in [1.82, 2.24) is 5.32 Å². The number of quaternary nitrogens is 2. The van der Waals surface area contributed by atoms with Crippen molar-refractivity contribution in [3.05, 3.63) is 23.8 Å². The molecule has 1 aromatic rings. The zero-order valence-electron chi connectivity index (χ0n) is 17.9. The number of ether oxygens (including phenoxy) is 3. The maximum Gasteiger partial charge on any atom is 0.223 e. The van der Waals surface area contributed by atoms with Crippen LogP contribution in [-0.2, 0) is 16.1 Å². The summed E-state index contributed by atoms with van der Waals surface area (Å²) in [6.07, 6.45) is 2.95. The maximum atomic E-state index is 12.5. The number of likely N-dealkylation sites (tertiary alicyclic amines) is 1. The summed E-state index contributed by atoms with van der Waals surface area (Å²) in [7, 11) is 3.37. The highest BCUT2D eigenvalue weighted by atomic mass is 16.5. The summed E-state index contributed by atoms with van der Waals surface area (Å²) in [6, 6.07) is 6.00. The van der Waals surface area contributed by atoms with Crippen molar-refractivity contribution in [3.63, 3.8) is 0 Å². The SMILES string of the molecule is COc1ccc(C[NH+]2CCC(C(=O)NCCC[NH+]3CCOCC3)CC2)c(OC)c1. The lowest BCUT2D eigenvalue weighted by Gasteiger charge is -2.29. The van der Waals surface area contributed by atoms with E-state index in [2.05, 4.69) is 11.4 Å². The first-order valence-electron chi connectivity index (χ1n) is 10.9. The van der Waals surface area contributed by atoms with Gasteiger partial charge in [0.15, 0.2) is 0 Å². The Balaban J connectivity index is 1.36. The second-order valence-electron chi connectivity index (χ2n) is 8.14. The van der Waals surface area contributed by atoms with Crippen LogP contribution in [0.5, 0.6) is 11.5 Å². The van der Waals surface area contributed by atoms with E-state index in [9.17, 15) is 4.79 Å². The lowest BCUT2D eigenvalue weighted by atomic mass is 9.95. The van der Waals surface area contributed by atoms with Crippen molar-refractivity contribution in [2.75, 3.05) is 66.7 Å². The fraction of sp³-hybridized carbons (Fsp3) is 0.682. The molecule has 3 N–H and O–H groups in total. The molecule has 7 heteroatoms. The zero-order valence-corrected chi connectivity index (χ0v) is 17.9. The first-order chi connectivity index (χ1) is 14.2. The van der Waals surface area contributed by atoms with Gasteiger partial charge in [0, 0.05) is 43.4 Å². The van der Waals surface area contributed by atoms with Gasteiger partial charge in [-0.2, -0.15) is 0 Å². The van der Waals surface area contributed by atoms with Gasteiger partial charge in [0.2, 0.25) is 5.91 Å². The Morgan fingerprint density at radius 1 is 1.10 bits per heavy atom. The molecule has 2 aliphatic heterocycles. The van der Waals surface area contributed by atoms with Crippen LogP contribution in [-0.4, -0.2) is 72.6 Å². The predicted octanol–water partition coefficient (Wildman–Crippen LogP) is -1.08. The first kappa shape index (κ1) is 21.9. The van der Waals surface area contributed by atoms with Crippen LogP contribution in [0.1, 0.15) is 24.8 Å². The third-order valence-corrected chi connectivity index (χ3v) is 6.20. The average molecular weight is 408 g/mol. The third kappa shape index (κ3) is 6.59. The van der Waals surface area contributed by atoms with Crippen LogP contribution in [0.25, 0.3) is 0 Å². The van der Waals surface area contributed by atoms with E-state index >= 15 is 0 Å². The van der Waals surface area contributed by atoms with Crippen molar-refractivity contribution in [2.45, 2.75) is 25.8 Å². The number of carbonyl (C=O) groups excluding carboxylic acids is 1. The molecule has 0 saturated carbocycles. The van der Waals surface area contributed by atoms with Gasteiger partial charge in [-0.3, -0.25) is 4.79 Å². The Labute approximate surface area is 174 Å². The predicted molar refractivity (Wildman–Crippen MR) is 111 cm³/mol. The molecule has 0 aliphatic carbocycles. The highest BCUT2D eigenvalue weighted by molar-refractivity contribution is 5.78. The number of hydrogen-bond donors (Lipinski definition) is 3. The minimum absolute atomic E-state index is 0.159. The molecule has 3 rings (SSSR count). The summed E-state index contributed by atoms with van der Waals surface area (Å²) in [5.74, 6) is 2.08. The number of nitrogens with one attached hydrogen (secondary N) is 3. The molecule has 2 heterocycles. The summed E-state index contributed by atoms with van der Waals surface area (Å²) in [5, 5.41) is 3.16. The zero-order chi connectivity index (χ0) is 20.5. The standard InChI is InChI=1S/C22H35N3O4/c1-27-20-5-4-19(21(16-20)28-2)17-25-10-6-18(7-11-25)22(26)23-8-3-9-24-12-14-29-15-13-24/h4-5,16,18H,3,6-15,17H2,1-2H3,(H,23,26)/p+2. The van der Waals surface area contributed by atoms with Crippen LogP contribution in [0.3, 0.4) is 0 Å². The molecule has 1 aromatic carbocycles. The van der Waals surface area contributed by atoms with E-state index in [0.29, 0.717) is 0 Å². The Morgan fingerprint density at radius 3 is 2.55 bits per heavy atom. The molecule has 0 atom stereocenters. The molecule has 0 radical (unpaired) electrons.